The molecule has 3 atom stereocenters. The van der Waals surface area contributed by atoms with Gasteiger partial charge in [0.05, 0.1) is 32.3 Å². The van der Waals surface area contributed by atoms with Crippen molar-refractivity contribution in [1.29, 1.82) is 0 Å². The molecular formula is C16H19FN2O5. The maximum absolute atomic E-state index is 12.8. The Kier molecular flexibility index (Phi) is 6.28. The highest BCUT2D eigenvalue weighted by atomic mass is 19.1. The maximum Gasteiger partial charge on any atom is 0.319 e. The number of aliphatic hydroxyl groups is 1. The normalized spacial score (nSPS) is 22.7. The largest absolute Gasteiger partial charge is 0.469 e. The smallest absolute Gasteiger partial charge is 0.319 e. The molecule has 8 heteroatoms. The van der Waals surface area contributed by atoms with E-state index in [-0.39, 0.29) is 13.0 Å². The van der Waals surface area contributed by atoms with Crippen molar-refractivity contribution >= 4 is 17.7 Å². The first-order valence-electron chi connectivity index (χ1n) is 7.36. The predicted molar refractivity (Wildman–Crippen MR) is 83.9 cm³/mol. The van der Waals surface area contributed by atoms with Gasteiger partial charge in [-0.25, -0.2) is 9.18 Å². The minimum absolute atomic E-state index is 0.0258. The zero-order valence-corrected chi connectivity index (χ0v) is 13.1. The van der Waals surface area contributed by atoms with Crippen molar-refractivity contribution in [2.75, 3.05) is 19.0 Å². The summed E-state index contributed by atoms with van der Waals surface area (Å²) in [4.78, 5) is 23.2. The number of ether oxygens (including phenoxy) is 2. The molecular weight excluding hydrogens is 319 g/mol. The molecule has 24 heavy (non-hydrogen) atoms. The molecule has 0 radical (unpaired) electrons. The molecule has 130 valence electrons. The zero-order valence-electron chi connectivity index (χ0n) is 13.1. The quantitative estimate of drug-likeness (QED) is 0.554. The Labute approximate surface area is 138 Å². The Morgan fingerprint density at radius 1 is 1.29 bits per heavy atom. The van der Waals surface area contributed by atoms with Crippen molar-refractivity contribution in [3.63, 3.8) is 0 Å². The highest BCUT2D eigenvalue weighted by Gasteiger charge is 2.29. The maximum atomic E-state index is 12.8. The van der Waals surface area contributed by atoms with Crippen LogP contribution in [0.2, 0.25) is 0 Å². The molecule has 2 rings (SSSR count). The van der Waals surface area contributed by atoms with E-state index in [4.69, 9.17) is 4.74 Å². The van der Waals surface area contributed by atoms with E-state index in [9.17, 15) is 19.1 Å². The number of hydrogen-bond acceptors (Lipinski definition) is 5. The van der Waals surface area contributed by atoms with Gasteiger partial charge >= 0.3 is 12.0 Å². The van der Waals surface area contributed by atoms with Crippen LogP contribution in [-0.2, 0) is 14.3 Å². The highest BCUT2D eigenvalue weighted by molar-refractivity contribution is 5.89. The van der Waals surface area contributed by atoms with Crippen molar-refractivity contribution in [2.24, 2.45) is 0 Å². The monoisotopic (exact) mass is 338 g/mol. The van der Waals surface area contributed by atoms with Gasteiger partial charge in [-0.3, -0.25) is 4.79 Å². The minimum Gasteiger partial charge on any atom is -0.469 e. The molecule has 1 aromatic carbocycles. The average Bonchev–Trinajstić information content (AvgIpc) is 2.58. The van der Waals surface area contributed by atoms with Crippen LogP contribution in [0.25, 0.3) is 0 Å². The first-order valence-corrected chi connectivity index (χ1v) is 7.36. The number of carbonyl (C=O) groups excluding carboxylic acids is 2. The van der Waals surface area contributed by atoms with Gasteiger partial charge in [0.1, 0.15) is 11.9 Å². The van der Waals surface area contributed by atoms with E-state index in [0.717, 1.165) is 0 Å². The van der Waals surface area contributed by atoms with Gasteiger partial charge in [-0.1, -0.05) is 12.2 Å². The summed E-state index contributed by atoms with van der Waals surface area (Å²) in [7, 11) is 1.28. The Balaban J connectivity index is 1.92. The van der Waals surface area contributed by atoms with Crippen LogP contribution in [0.3, 0.4) is 0 Å². The molecule has 0 spiro atoms. The van der Waals surface area contributed by atoms with E-state index in [2.05, 4.69) is 15.4 Å². The molecule has 1 aliphatic heterocycles. The van der Waals surface area contributed by atoms with Gasteiger partial charge in [0, 0.05) is 5.69 Å². The van der Waals surface area contributed by atoms with Crippen LogP contribution in [-0.4, -0.2) is 49.1 Å². The number of hydrogen-bond donors (Lipinski definition) is 3. The third kappa shape index (κ3) is 5.04. The molecule has 1 aromatic rings. The predicted octanol–water partition coefficient (Wildman–Crippen LogP) is 1.19. The molecule has 0 saturated heterocycles. The molecule has 0 unspecified atom stereocenters. The van der Waals surface area contributed by atoms with Crippen molar-refractivity contribution < 1.29 is 28.6 Å². The van der Waals surface area contributed by atoms with Crippen LogP contribution in [0, 0.1) is 5.82 Å². The number of anilines is 1. The lowest BCUT2D eigenvalue weighted by atomic mass is 10.1. The van der Waals surface area contributed by atoms with Gasteiger partial charge in [-0.05, 0) is 24.3 Å². The summed E-state index contributed by atoms with van der Waals surface area (Å²) < 4.78 is 23.0. The standard InChI is InChI=1S/C16H19FN2O5/c1-23-15(21)8-12-6-7-13(14(9-20)24-12)19-16(22)18-11-4-2-10(17)3-5-11/h2-7,12-14,20H,8-9H2,1H3,(H2,18,19,22)/t12-,13-,14+/m0/s1. The number of amides is 2. The first kappa shape index (κ1) is 17.9. The second kappa shape index (κ2) is 8.42. The van der Waals surface area contributed by atoms with Crippen LogP contribution >= 0.6 is 0 Å². The first-order chi connectivity index (χ1) is 11.5. The van der Waals surface area contributed by atoms with Gasteiger partial charge in [0.15, 0.2) is 0 Å². The van der Waals surface area contributed by atoms with Crippen molar-refractivity contribution in [3.05, 3.63) is 42.2 Å². The molecule has 0 fully saturated rings. The molecule has 1 aliphatic rings. The average molecular weight is 338 g/mol. The van der Waals surface area contributed by atoms with Crippen LogP contribution in [0.5, 0.6) is 0 Å². The number of halogens is 1. The summed E-state index contributed by atoms with van der Waals surface area (Å²) in [6, 6.07) is 4.23. The Hall–Kier alpha value is -2.45. The number of aliphatic hydroxyl groups excluding tert-OH is 1. The lowest BCUT2D eigenvalue weighted by Crippen LogP contribution is -2.49. The summed E-state index contributed by atoms with van der Waals surface area (Å²) in [5.74, 6) is -0.830. The number of esters is 1. The Bertz CT molecular complexity index is 605. The lowest BCUT2D eigenvalue weighted by Gasteiger charge is -2.31. The molecule has 0 saturated carbocycles. The van der Waals surface area contributed by atoms with Gasteiger partial charge in [0.2, 0.25) is 0 Å². The number of benzene rings is 1. The SMILES string of the molecule is COC(=O)C[C@@H]1C=C[C@H](NC(=O)Nc2ccc(F)cc2)[C@@H](CO)O1. The molecule has 7 nitrogen and oxygen atoms in total. The van der Waals surface area contributed by atoms with Crippen LogP contribution in [0.15, 0.2) is 36.4 Å². The molecule has 1 heterocycles. The zero-order chi connectivity index (χ0) is 17.5. The number of urea groups is 1. The Morgan fingerprint density at radius 3 is 2.62 bits per heavy atom. The van der Waals surface area contributed by atoms with Crippen LogP contribution in [0.1, 0.15) is 6.42 Å². The summed E-state index contributed by atoms with van der Waals surface area (Å²) in [5.41, 5.74) is 0.429. The number of methoxy groups -OCH3 is 1. The van der Waals surface area contributed by atoms with Crippen LogP contribution in [0.4, 0.5) is 14.9 Å². The van der Waals surface area contributed by atoms with E-state index in [1.165, 1.54) is 31.4 Å². The number of rotatable bonds is 5. The molecule has 0 aromatic heterocycles. The lowest BCUT2D eigenvalue weighted by molar-refractivity contribution is -0.144. The second-order valence-electron chi connectivity index (χ2n) is 5.19. The van der Waals surface area contributed by atoms with Crippen molar-refractivity contribution in [2.45, 2.75) is 24.7 Å². The van der Waals surface area contributed by atoms with E-state index >= 15 is 0 Å². The van der Waals surface area contributed by atoms with Gasteiger partial charge in [-0.15, -0.1) is 0 Å². The van der Waals surface area contributed by atoms with E-state index in [0.29, 0.717) is 5.69 Å². The van der Waals surface area contributed by atoms with E-state index < -0.39 is 36.1 Å². The van der Waals surface area contributed by atoms with Crippen LogP contribution < -0.4 is 10.6 Å². The van der Waals surface area contributed by atoms with E-state index in [1.807, 2.05) is 0 Å². The summed E-state index contributed by atoms with van der Waals surface area (Å²) in [5, 5.41) is 14.6. The topological polar surface area (TPSA) is 96.9 Å². The summed E-state index contributed by atoms with van der Waals surface area (Å²) in [6.07, 6.45) is 2.10. The van der Waals surface area contributed by atoms with Gasteiger partial charge < -0.3 is 25.2 Å². The number of nitrogens with one attached hydrogen (secondary N) is 2. The third-order valence-corrected chi connectivity index (χ3v) is 3.46. The summed E-state index contributed by atoms with van der Waals surface area (Å²) in [6.45, 7) is -0.330. The Morgan fingerprint density at radius 2 is 2.00 bits per heavy atom. The minimum atomic E-state index is -0.691. The molecule has 0 bridgehead atoms. The fourth-order valence-electron chi connectivity index (χ4n) is 2.24. The second-order valence-corrected chi connectivity index (χ2v) is 5.19. The summed E-state index contributed by atoms with van der Waals surface area (Å²) >= 11 is 0. The van der Waals surface area contributed by atoms with E-state index in [1.54, 1.807) is 12.2 Å². The highest BCUT2D eigenvalue weighted by Crippen LogP contribution is 2.16. The number of carbonyl (C=O) groups is 2. The fourth-order valence-corrected chi connectivity index (χ4v) is 2.24. The van der Waals surface area contributed by atoms with Gasteiger partial charge in [0.25, 0.3) is 0 Å². The van der Waals surface area contributed by atoms with Crippen molar-refractivity contribution in [3.8, 4) is 0 Å². The van der Waals surface area contributed by atoms with Crippen molar-refractivity contribution in [1.82, 2.24) is 5.32 Å². The third-order valence-electron chi connectivity index (χ3n) is 3.46. The molecule has 3 N–H and O–H groups in total. The molecule has 2 amide bonds. The molecule has 0 aliphatic carbocycles. The fraction of sp³-hybridized carbons (Fsp3) is 0.375. The van der Waals surface area contributed by atoms with Gasteiger partial charge in [-0.2, -0.15) is 0 Å².